The summed E-state index contributed by atoms with van der Waals surface area (Å²) < 4.78 is 5.52. The third-order valence-electron chi connectivity index (χ3n) is 6.07. The number of carbonyl (C=O) groups excluding carboxylic acids is 2. The van der Waals surface area contributed by atoms with Gasteiger partial charge in [0.25, 0.3) is 11.8 Å². The van der Waals surface area contributed by atoms with Crippen LogP contribution in [0.3, 0.4) is 0 Å². The molecule has 0 spiro atoms. The lowest BCUT2D eigenvalue weighted by molar-refractivity contribution is 0.0697. The molecule has 2 aromatic rings. The number of H-pyrrole nitrogens is 1. The van der Waals surface area contributed by atoms with E-state index >= 15 is 0 Å². The van der Waals surface area contributed by atoms with E-state index in [-0.39, 0.29) is 17.9 Å². The first kappa shape index (κ1) is 18.8. The molecule has 0 aliphatic carbocycles. The summed E-state index contributed by atoms with van der Waals surface area (Å²) >= 11 is 0. The number of rotatable bonds is 2. The summed E-state index contributed by atoms with van der Waals surface area (Å²) in [7, 11) is 0. The monoisotopic (exact) mass is 384 g/mol. The van der Waals surface area contributed by atoms with Crippen LogP contribution in [-0.2, 0) is 0 Å². The number of likely N-dealkylation sites (tertiary alicyclic amines) is 2. The zero-order chi connectivity index (χ0) is 19.7. The maximum Gasteiger partial charge on any atom is 0.416 e. The van der Waals surface area contributed by atoms with Crippen molar-refractivity contribution in [3.05, 3.63) is 23.8 Å². The van der Waals surface area contributed by atoms with Crippen LogP contribution in [0.25, 0.3) is 10.9 Å². The standard InChI is InChI=1S/C21H28N4O3/c1-14-5-9-24(10-6-14)20(26)16-3-4-17-18(13-16)22-23-19(17)28-21(27)25-11-7-15(2)8-12-25/h3-4,13-15H,5-12H2,1-2H3,(H,22,23). The van der Waals surface area contributed by atoms with Crippen molar-refractivity contribution in [3.8, 4) is 5.88 Å². The van der Waals surface area contributed by atoms with Gasteiger partial charge in [0.2, 0.25) is 0 Å². The normalized spacial score (nSPS) is 19.2. The molecule has 3 heterocycles. The molecule has 150 valence electrons. The number of aromatic amines is 1. The predicted molar refractivity (Wildman–Crippen MR) is 106 cm³/mol. The molecule has 4 rings (SSSR count). The summed E-state index contributed by atoms with van der Waals surface area (Å²) in [5.74, 6) is 1.64. The van der Waals surface area contributed by atoms with Crippen LogP contribution in [-0.4, -0.2) is 58.2 Å². The van der Waals surface area contributed by atoms with Gasteiger partial charge in [-0.3, -0.25) is 9.89 Å². The Kier molecular flexibility index (Phi) is 5.24. The van der Waals surface area contributed by atoms with E-state index in [0.29, 0.717) is 28.3 Å². The minimum Gasteiger partial charge on any atom is -0.389 e. The average molecular weight is 384 g/mol. The molecule has 0 atom stereocenters. The van der Waals surface area contributed by atoms with Gasteiger partial charge in [-0.1, -0.05) is 13.8 Å². The minimum absolute atomic E-state index is 0.0457. The number of hydrogen-bond acceptors (Lipinski definition) is 4. The summed E-state index contributed by atoms with van der Waals surface area (Å²) in [6.45, 7) is 7.47. The smallest absolute Gasteiger partial charge is 0.389 e. The number of fused-ring (bicyclic) bond motifs is 1. The topological polar surface area (TPSA) is 78.5 Å². The van der Waals surface area contributed by atoms with Gasteiger partial charge in [-0.15, -0.1) is 5.10 Å². The lowest BCUT2D eigenvalue weighted by atomic mass is 9.98. The van der Waals surface area contributed by atoms with Crippen LogP contribution < -0.4 is 4.74 Å². The molecule has 2 aliphatic rings. The van der Waals surface area contributed by atoms with E-state index in [0.717, 1.165) is 51.9 Å². The SMILES string of the molecule is CC1CCN(C(=O)Oc2n[nH]c3cc(C(=O)N4CCC(C)CC4)ccc23)CC1. The van der Waals surface area contributed by atoms with Gasteiger partial charge in [-0.05, 0) is 55.7 Å². The minimum atomic E-state index is -0.358. The van der Waals surface area contributed by atoms with Crippen LogP contribution in [0.15, 0.2) is 18.2 Å². The Bertz CT molecular complexity index is 862. The van der Waals surface area contributed by atoms with Crippen molar-refractivity contribution in [3.63, 3.8) is 0 Å². The molecule has 1 aromatic heterocycles. The van der Waals surface area contributed by atoms with Crippen LogP contribution in [0.1, 0.15) is 49.9 Å². The van der Waals surface area contributed by atoms with Gasteiger partial charge in [-0.25, -0.2) is 4.79 Å². The lowest BCUT2D eigenvalue weighted by Gasteiger charge is -2.30. The molecule has 7 heteroatoms. The summed E-state index contributed by atoms with van der Waals surface area (Å²) in [6.07, 6.45) is 3.73. The van der Waals surface area contributed by atoms with Gasteiger partial charge in [0.15, 0.2) is 0 Å². The number of nitrogens with one attached hydrogen (secondary N) is 1. The van der Waals surface area contributed by atoms with Gasteiger partial charge >= 0.3 is 6.09 Å². The third-order valence-corrected chi connectivity index (χ3v) is 6.07. The second-order valence-electron chi connectivity index (χ2n) is 8.30. The highest BCUT2D eigenvalue weighted by molar-refractivity contribution is 5.99. The van der Waals surface area contributed by atoms with Crippen molar-refractivity contribution in [2.75, 3.05) is 26.2 Å². The summed E-state index contributed by atoms with van der Waals surface area (Å²) in [5, 5.41) is 7.75. The number of ether oxygens (including phenoxy) is 1. The van der Waals surface area contributed by atoms with Crippen molar-refractivity contribution in [2.45, 2.75) is 39.5 Å². The van der Waals surface area contributed by atoms with Crippen LogP contribution in [0.2, 0.25) is 0 Å². The molecule has 7 nitrogen and oxygen atoms in total. The first-order valence-electron chi connectivity index (χ1n) is 10.3. The highest BCUT2D eigenvalue weighted by atomic mass is 16.6. The highest BCUT2D eigenvalue weighted by Crippen LogP contribution is 2.26. The van der Waals surface area contributed by atoms with Crippen molar-refractivity contribution < 1.29 is 14.3 Å². The zero-order valence-corrected chi connectivity index (χ0v) is 16.6. The van der Waals surface area contributed by atoms with Gasteiger partial charge in [-0.2, -0.15) is 0 Å². The number of benzene rings is 1. The maximum absolute atomic E-state index is 12.8. The van der Waals surface area contributed by atoms with Crippen LogP contribution in [0, 0.1) is 11.8 Å². The van der Waals surface area contributed by atoms with Crippen molar-refractivity contribution in [2.24, 2.45) is 11.8 Å². The summed E-state index contributed by atoms with van der Waals surface area (Å²) in [4.78, 5) is 28.8. The third kappa shape index (κ3) is 3.84. The quantitative estimate of drug-likeness (QED) is 0.857. The Morgan fingerprint density at radius 3 is 2.25 bits per heavy atom. The van der Waals surface area contributed by atoms with E-state index in [2.05, 4.69) is 24.0 Å². The van der Waals surface area contributed by atoms with Crippen molar-refractivity contribution in [1.82, 2.24) is 20.0 Å². The van der Waals surface area contributed by atoms with Crippen LogP contribution >= 0.6 is 0 Å². The van der Waals surface area contributed by atoms with Gasteiger partial charge in [0.05, 0.1) is 10.9 Å². The fourth-order valence-electron chi connectivity index (χ4n) is 3.94. The molecule has 1 N–H and O–H groups in total. The summed E-state index contributed by atoms with van der Waals surface area (Å²) in [6, 6.07) is 5.39. The molecule has 2 amide bonds. The fourth-order valence-corrected chi connectivity index (χ4v) is 3.94. The molecule has 2 fully saturated rings. The Labute approximate surface area is 165 Å². The van der Waals surface area contributed by atoms with E-state index in [4.69, 9.17) is 4.74 Å². The number of carbonyl (C=O) groups is 2. The molecule has 28 heavy (non-hydrogen) atoms. The molecular formula is C21H28N4O3. The van der Waals surface area contributed by atoms with Gasteiger partial charge in [0.1, 0.15) is 0 Å². The van der Waals surface area contributed by atoms with Crippen molar-refractivity contribution in [1.29, 1.82) is 0 Å². The second kappa shape index (κ2) is 7.81. The van der Waals surface area contributed by atoms with Crippen LogP contribution in [0.4, 0.5) is 4.79 Å². The lowest BCUT2D eigenvalue weighted by Crippen LogP contribution is -2.39. The van der Waals surface area contributed by atoms with E-state index < -0.39 is 0 Å². The first-order valence-corrected chi connectivity index (χ1v) is 10.3. The largest absolute Gasteiger partial charge is 0.416 e. The zero-order valence-electron chi connectivity index (χ0n) is 16.6. The van der Waals surface area contributed by atoms with E-state index in [1.54, 1.807) is 23.1 Å². The second-order valence-corrected chi connectivity index (χ2v) is 8.30. The molecule has 0 unspecified atom stereocenters. The number of piperidine rings is 2. The Morgan fingerprint density at radius 2 is 1.61 bits per heavy atom. The van der Waals surface area contributed by atoms with Gasteiger partial charge in [0, 0.05) is 31.7 Å². The molecule has 0 saturated carbocycles. The van der Waals surface area contributed by atoms with E-state index in [9.17, 15) is 9.59 Å². The highest BCUT2D eigenvalue weighted by Gasteiger charge is 2.24. The summed E-state index contributed by atoms with van der Waals surface area (Å²) in [5.41, 5.74) is 1.33. The molecular weight excluding hydrogens is 356 g/mol. The van der Waals surface area contributed by atoms with E-state index in [1.165, 1.54) is 0 Å². The van der Waals surface area contributed by atoms with Gasteiger partial charge < -0.3 is 14.5 Å². The Hall–Kier alpha value is -2.57. The number of nitrogens with zero attached hydrogens (tertiary/aromatic N) is 3. The Morgan fingerprint density at radius 1 is 1.00 bits per heavy atom. The van der Waals surface area contributed by atoms with E-state index in [1.807, 2.05) is 4.90 Å². The molecule has 1 aromatic carbocycles. The number of amides is 2. The first-order chi connectivity index (χ1) is 13.5. The number of aromatic nitrogens is 2. The fraction of sp³-hybridized carbons (Fsp3) is 0.571. The molecule has 0 bridgehead atoms. The average Bonchev–Trinajstić information content (AvgIpc) is 3.10. The predicted octanol–water partition coefficient (Wildman–Crippen LogP) is 3.67. The Balaban J connectivity index is 1.45. The number of hydrogen-bond donors (Lipinski definition) is 1. The van der Waals surface area contributed by atoms with Crippen molar-refractivity contribution >= 4 is 22.9 Å². The maximum atomic E-state index is 12.8. The van der Waals surface area contributed by atoms with Crippen LogP contribution in [0.5, 0.6) is 5.88 Å². The molecule has 2 aliphatic heterocycles. The molecule has 2 saturated heterocycles. The molecule has 0 radical (unpaired) electrons.